The second-order valence-corrected chi connectivity index (χ2v) is 12.6. The van der Waals surface area contributed by atoms with Gasteiger partial charge in [-0.25, -0.2) is 9.36 Å². The highest BCUT2D eigenvalue weighted by atomic mass is 16.7. The van der Waals surface area contributed by atoms with Gasteiger partial charge >= 0.3 is 12.0 Å². The molecular weight excluding hydrogens is 706 g/mol. The molecule has 1 fully saturated rings. The van der Waals surface area contributed by atoms with Crippen molar-refractivity contribution in [2.24, 2.45) is 18.5 Å². The summed E-state index contributed by atoms with van der Waals surface area (Å²) in [6, 6.07) is 3.64. The molecule has 0 unspecified atom stereocenters. The first-order valence-electron chi connectivity index (χ1n) is 16.0. The van der Waals surface area contributed by atoms with E-state index in [2.05, 4.69) is 9.72 Å². The number of ether oxygens (including phenoxy) is 4. The van der Waals surface area contributed by atoms with Crippen LogP contribution in [0.25, 0.3) is 0 Å². The van der Waals surface area contributed by atoms with Gasteiger partial charge in [-0.3, -0.25) is 14.4 Å². The van der Waals surface area contributed by atoms with Crippen LogP contribution in [0.2, 0.25) is 0 Å². The molecule has 20 heteroatoms. The molecule has 2 aromatic carbocycles. The van der Waals surface area contributed by atoms with Crippen molar-refractivity contribution in [3.63, 3.8) is 0 Å². The number of phenolic OH excluding ortho intramolecular Hbond substituents is 2. The zero-order valence-corrected chi connectivity index (χ0v) is 28.5. The Bertz CT molecular complexity index is 1990. The summed E-state index contributed by atoms with van der Waals surface area (Å²) in [6.07, 6.45) is -4.81. The average Bonchev–Trinajstić information content (AvgIpc) is 3.49. The number of primary amides is 1. The number of amides is 1. The molecule has 1 aliphatic heterocycles. The molecule has 1 aromatic heterocycles. The minimum absolute atomic E-state index is 0.0173. The number of aliphatic hydroxyl groups excluding tert-OH is 2. The van der Waals surface area contributed by atoms with Crippen molar-refractivity contribution in [1.82, 2.24) is 9.55 Å². The summed E-state index contributed by atoms with van der Waals surface area (Å²) in [7, 11) is 2.77. The number of nitrogens with two attached hydrogens (primary N) is 2. The predicted molar refractivity (Wildman–Crippen MR) is 176 cm³/mol. The number of nitrogens with zero attached hydrogens (tertiary/aromatic N) is 3. The number of phenols is 2. The fourth-order valence-electron chi connectivity index (χ4n) is 6.63. The Labute approximate surface area is 299 Å². The Morgan fingerprint density at radius 3 is 2.43 bits per heavy atom. The number of benzene rings is 2. The van der Waals surface area contributed by atoms with Gasteiger partial charge in [0.2, 0.25) is 5.78 Å². The second kappa shape index (κ2) is 14.8. The van der Waals surface area contributed by atoms with Gasteiger partial charge in [0.05, 0.1) is 49.2 Å². The second-order valence-electron chi connectivity index (χ2n) is 12.6. The van der Waals surface area contributed by atoms with Gasteiger partial charge in [0.15, 0.2) is 30.2 Å². The number of hydrogen-bond donors (Lipinski definition) is 7. The van der Waals surface area contributed by atoms with Crippen molar-refractivity contribution >= 4 is 29.4 Å². The van der Waals surface area contributed by atoms with E-state index in [1.54, 1.807) is 6.92 Å². The van der Waals surface area contributed by atoms with Crippen molar-refractivity contribution < 1.29 is 68.6 Å². The first-order valence-corrected chi connectivity index (χ1v) is 16.0. The first kappa shape index (κ1) is 38.7. The minimum Gasteiger partial charge on any atom is -0.507 e. The molecule has 284 valence electrons. The Balaban J connectivity index is 0.000000326. The van der Waals surface area contributed by atoms with Crippen LogP contribution in [0, 0.1) is 10.1 Å². The molecule has 53 heavy (non-hydrogen) atoms. The molecular formula is C33H37N5O15. The summed E-state index contributed by atoms with van der Waals surface area (Å²) in [4.78, 5) is 63.3. The van der Waals surface area contributed by atoms with Crippen LogP contribution < -0.4 is 16.2 Å². The van der Waals surface area contributed by atoms with E-state index in [1.807, 2.05) is 0 Å². The van der Waals surface area contributed by atoms with Crippen molar-refractivity contribution in [1.29, 1.82) is 0 Å². The Kier molecular flexibility index (Phi) is 10.8. The highest BCUT2D eigenvalue weighted by molar-refractivity contribution is 6.31. The van der Waals surface area contributed by atoms with Crippen LogP contribution in [0.4, 0.5) is 10.7 Å². The number of carbonyl (C=O) groups is 4. The lowest BCUT2D eigenvalue weighted by atomic mass is 9.72. The van der Waals surface area contributed by atoms with Gasteiger partial charge in [-0.05, 0) is 17.9 Å². The van der Waals surface area contributed by atoms with Crippen LogP contribution in [0.1, 0.15) is 74.5 Å². The number of aromatic hydroxyl groups is 2. The van der Waals surface area contributed by atoms with Crippen LogP contribution in [0.3, 0.4) is 0 Å². The molecule has 0 saturated carbocycles. The van der Waals surface area contributed by atoms with Gasteiger partial charge in [0, 0.05) is 42.0 Å². The summed E-state index contributed by atoms with van der Waals surface area (Å²) in [5, 5.41) is 64.1. The zero-order chi connectivity index (χ0) is 39.1. The van der Waals surface area contributed by atoms with Crippen LogP contribution >= 0.6 is 0 Å². The standard InChI is InChI=1S/C27H29NO11.C6H8N4O4/c1-10-22(31)13(28)6-17(38-10)39-15-8-27(36,16(30)9-29)7-12-19(15)26(35)21-20(24(12)33)23(32)11-4-3-5-14(37-2)18(11)25(21)34;1-9-4(3-14-5(7)11)2-8-6(9)10(12)13/h3-5,10,13,15,17,22,29,31,33,35-36H,6-9,28H2,1-2H3;2H,3H2,1H3,(H2,7,11)/t10-,13-,15-,17-,22+,27-;/m0./s1. The molecule has 2 heterocycles. The molecule has 9 N–H and O–H groups in total. The lowest BCUT2D eigenvalue weighted by molar-refractivity contribution is -0.396. The summed E-state index contributed by atoms with van der Waals surface area (Å²) in [5.74, 6) is -4.09. The maximum Gasteiger partial charge on any atom is 0.434 e. The first-order chi connectivity index (χ1) is 24.9. The van der Waals surface area contributed by atoms with E-state index in [0.717, 1.165) is 0 Å². The molecule has 0 radical (unpaired) electrons. The SMILES string of the molecule is COc1cccc2c1C(=O)c1c(O)c3c(c(O)c1C2=O)C[C@@](O)(C(=O)CO)C[C@@H]3O[C@H]1C[C@H](N)[C@H](O)[C@H](C)O1.Cn1c(COC(N)=O)cnc1[N+](=O)[O-]. The smallest absolute Gasteiger partial charge is 0.434 e. The number of imidazole rings is 1. The molecule has 1 amide bonds. The number of fused-ring (bicyclic) bond motifs is 3. The zero-order valence-electron chi connectivity index (χ0n) is 28.5. The van der Waals surface area contributed by atoms with Crippen molar-refractivity contribution in [3.8, 4) is 17.2 Å². The van der Waals surface area contributed by atoms with Gasteiger partial charge < -0.3 is 66.1 Å². The van der Waals surface area contributed by atoms with Gasteiger partial charge in [-0.2, -0.15) is 0 Å². The summed E-state index contributed by atoms with van der Waals surface area (Å²) in [6.45, 7) is 0.427. The van der Waals surface area contributed by atoms with Crippen LogP contribution in [0.15, 0.2) is 24.4 Å². The molecule has 1 saturated heterocycles. The minimum atomic E-state index is -2.24. The molecule has 20 nitrogen and oxygen atoms in total. The number of methoxy groups -OCH3 is 1. The van der Waals surface area contributed by atoms with Crippen LogP contribution in [-0.2, 0) is 39.1 Å². The lowest BCUT2D eigenvalue weighted by Crippen LogP contribution is -2.53. The molecule has 6 atom stereocenters. The van der Waals surface area contributed by atoms with Crippen molar-refractivity contribution in [2.45, 2.75) is 69.0 Å². The van der Waals surface area contributed by atoms with E-state index < -0.39 is 107 Å². The van der Waals surface area contributed by atoms with E-state index in [4.69, 9.17) is 25.7 Å². The number of ketones is 3. The van der Waals surface area contributed by atoms with E-state index in [0.29, 0.717) is 5.69 Å². The Morgan fingerprint density at radius 1 is 1.17 bits per heavy atom. The number of Topliss-reactive ketones (excluding diaryl/α,β-unsaturated/α-hetero) is 1. The lowest BCUT2D eigenvalue weighted by Gasteiger charge is -2.42. The highest BCUT2D eigenvalue weighted by Gasteiger charge is 2.50. The summed E-state index contributed by atoms with van der Waals surface area (Å²) >= 11 is 0. The number of aliphatic hydroxyl groups is 3. The number of aromatic nitrogens is 2. The van der Waals surface area contributed by atoms with Crippen molar-refractivity contribution in [3.05, 3.63) is 73.6 Å². The number of rotatable bonds is 8. The quantitative estimate of drug-likeness (QED) is 0.0705. The largest absolute Gasteiger partial charge is 0.507 e. The third-order valence-electron chi connectivity index (χ3n) is 9.39. The average molecular weight is 744 g/mol. The molecule has 0 spiro atoms. The van der Waals surface area contributed by atoms with E-state index >= 15 is 0 Å². The third-order valence-corrected chi connectivity index (χ3v) is 9.39. The van der Waals surface area contributed by atoms with E-state index in [-0.39, 0.29) is 47.0 Å². The van der Waals surface area contributed by atoms with Gasteiger partial charge in [-0.1, -0.05) is 17.1 Å². The molecule has 3 aliphatic rings. The van der Waals surface area contributed by atoms with E-state index in [9.17, 15) is 54.8 Å². The molecule has 3 aromatic rings. The maximum absolute atomic E-state index is 13.6. The normalized spacial score (nSPS) is 24.5. The van der Waals surface area contributed by atoms with Crippen LogP contribution in [-0.4, -0.2) is 107 Å². The van der Waals surface area contributed by atoms with Gasteiger partial charge in [0.25, 0.3) is 0 Å². The Morgan fingerprint density at radius 2 is 1.85 bits per heavy atom. The number of nitro groups is 1. The predicted octanol–water partition coefficient (Wildman–Crippen LogP) is -0.0751. The van der Waals surface area contributed by atoms with Gasteiger partial charge in [-0.15, -0.1) is 0 Å². The fraction of sp³-hybridized carbons (Fsp3) is 0.424. The number of hydrogen-bond acceptors (Lipinski definition) is 17. The monoisotopic (exact) mass is 743 g/mol. The maximum atomic E-state index is 13.6. The third kappa shape index (κ3) is 7.02. The fourth-order valence-corrected chi connectivity index (χ4v) is 6.63. The summed E-state index contributed by atoms with van der Waals surface area (Å²) < 4.78 is 22.7. The highest BCUT2D eigenvalue weighted by Crippen LogP contribution is 2.52. The topological polar surface area (TPSA) is 319 Å². The van der Waals surface area contributed by atoms with E-state index in [1.165, 1.54) is 43.1 Å². The van der Waals surface area contributed by atoms with Gasteiger partial charge in [0.1, 0.15) is 35.7 Å². The van der Waals surface area contributed by atoms with Crippen molar-refractivity contribution in [2.75, 3.05) is 13.7 Å². The Hall–Kier alpha value is -5.51. The van der Waals surface area contributed by atoms with Crippen LogP contribution in [0.5, 0.6) is 17.2 Å². The molecule has 0 bridgehead atoms. The molecule has 6 rings (SSSR count). The summed E-state index contributed by atoms with van der Waals surface area (Å²) in [5.41, 5.74) is 7.50. The molecule has 2 aliphatic carbocycles. The number of carbonyl (C=O) groups excluding carboxylic acids is 4.